The van der Waals surface area contributed by atoms with Gasteiger partial charge >= 0.3 is 6.09 Å². The highest BCUT2D eigenvalue weighted by atomic mass is 32.3. The monoisotopic (exact) mass is 379 g/mol. The fraction of sp³-hybridized carbons (Fsp3) is 0.571. The molecule has 0 aromatic heterocycles. The van der Waals surface area contributed by atoms with Crippen molar-refractivity contribution in [3.63, 3.8) is 0 Å². The molecule has 0 saturated heterocycles. The molecule has 0 aliphatic carbocycles. The van der Waals surface area contributed by atoms with Crippen molar-refractivity contribution < 1.29 is 13.7 Å². The summed E-state index contributed by atoms with van der Waals surface area (Å²) >= 11 is 0. The zero-order chi connectivity index (χ0) is 19.2. The summed E-state index contributed by atoms with van der Waals surface area (Å²) < 4.78 is 12.0. The summed E-state index contributed by atoms with van der Waals surface area (Å²) in [4.78, 5) is 14.5. The fourth-order valence-corrected chi connectivity index (χ4v) is 3.33. The molecule has 1 atom stereocenters. The Labute approximate surface area is 160 Å². The third kappa shape index (κ3) is 5.78. The van der Waals surface area contributed by atoms with Crippen LogP contribution >= 0.6 is 10.3 Å². The smallest absolute Gasteiger partial charge is 0.410 e. The van der Waals surface area contributed by atoms with Crippen LogP contribution in [0.25, 0.3) is 0 Å². The average Bonchev–Trinajstić information content (AvgIpc) is 2.83. The molecule has 1 unspecified atom stereocenters. The van der Waals surface area contributed by atoms with E-state index < -0.39 is 10.3 Å². The van der Waals surface area contributed by atoms with Gasteiger partial charge in [-0.15, -0.1) is 10.3 Å². The van der Waals surface area contributed by atoms with Crippen molar-refractivity contribution in [1.29, 1.82) is 0 Å². The summed E-state index contributed by atoms with van der Waals surface area (Å²) in [5.41, 5.74) is 0.998. The van der Waals surface area contributed by atoms with Crippen LogP contribution in [0.15, 0.2) is 42.5 Å². The van der Waals surface area contributed by atoms with Crippen LogP contribution in [0.4, 0.5) is 4.79 Å². The van der Waals surface area contributed by atoms with Crippen molar-refractivity contribution in [3.8, 4) is 0 Å². The van der Waals surface area contributed by atoms with Gasteiger partial charge in [-0.1, -0.05) is 63.3 Å². The largest absolute Gasteiger partial charge is 0.445 e. The van der Waals surface area contributed by atoms with Crippen molar-refractivity contribution in [2.24, 2.45) is 0 Å². The van der Waals surface area contributed by atoms with Gasteiger partial charge in [0.05, 0.1) is 12.6 Å². The summed E-state index contributed by atoms with van der Waals surface area (Å²) in [6, 6.07) is 9.71. The molecule has 0 saturated carbocycles. The molecule has 4 nitrogen and oxygen atoms in total. The molecular weight excluding hydrogens is 346 g/mol. The molecule has 1 heterocycles. The molecule has 2 rings (SSSR count). The number of hydrogen-bond acceptors (Lipinski definition) is 3. The molecule has 0 spiro atoms. The third-order valence-corrected chi connectivity index (χ3v) is 8.65. The van der Waals surface area contributed by atoms with Crippen LogP contribution in [-0.2, 0) is 15.5 Å². The summed E-state index contributed by atoms with van der Waals surface area (Å²) in [7, 11) is -1.23. The predicted octanol–water partition coefficient (Wildman–Crippen LogP) is 5.14. The van der Waals surface area contributed by atoms with Crippen LogP contribution in [0.2, 0.25) is 0 Å². The van der Waals surface area contributed by atoms with Crippen LogP contribution in [0.5, 0.6) is 0 Å². The van der Waals surface area contributed by atoms with Crippen LogP contribution < -0.4 is 0 Å². The van der Waals surface area contributed by atoms with Crippen molar-refractivity contribution >= 4 is 16.4 Å². The number of amides is 1. The topological polar surface area (TPSA) is 38.8 Å². The summed E-state index contributed by atoms with van der Waals surface area (Å²) in [5.74, 6) is 0. The maximum Gasteiger partial charge on any atom is 0.410 e. The van der Waals surface area contributed by atoms with E-state index in [9.17, 15) is 4.79 Å². The van der Waals surface area contributed by atoms with Crippen molar-refractivity contribution in [3.05, 3.63) is 48.0 Å². The molecule has 1 aromatic carbocycles. The lowest BCUT2D eigenvalue weighted by molar-refractivity contribution is 0.0796. The predicted molar refractivity (Wildman–Crippen MR) is 111 cm³/mol. The molecule has 0 fully saturated rings. The van der Waals surface area contributed by atoms with Gasteiger partial charge in [-0.2, -0.15) is 0 Å². The summed E-state index contributed by atoms with van der Waals surface area (Å²) in [6.07, 6.45) is 10.3. The number of carbonyl (C=O) groups is 1. The van der Waals surface area contributed by atoms with Gasteiger partial charge in [0.15, 0.2) is 0 Å². The Morgan fingerprint density at radius 2 is 1.92 bits per heavy atom. The minimum absolute atomic E-state index is 0.0742. The second-order valence-corrected chi connectivity index (χ2v) is 11.9. The van der Waals surface area contributed by atoms with Gasteiger partial charge in [0, 0.05) is 11.3 Å². The maximum atomic E-state index is 12.7. The third-order valence-electron chi connectivity index (χ3n) is 4.98. The van der Waals surface area contributed by atoms with Gasteiger partial charge in [0.25, 0.3) is 0 Å². The first kappa shape index (κ1) is 20.8. The van der Waals surface area contributed by atoms with Crippen LogP contribution in [0, 0.1) is 0 Å². The van der Waals surface area contributed by atoms with E-state index in [1.54, 1.807) is 0 Å². The average molecular weight is 380 g/mol. The molecular formula is C21H33NO3S. The second kappa shape index (κ2) is 8.96. The molecule has 1 aliphatic heterocycles. The van der Waals surface area contributed by atoms with Gasteiger partial charge < -0.3 is 8.92 Å². The Morgan fingerprint density at radius 3 is 2.58 bits per heavy atom. The van der Waals surface area contributed by atoms with E-state index in [1.165, 1.54) is 0 Å². The van der Waals surface area contributed by atoms with Crippen molar-refractivity contribution in [1.82, 2.24) is 4.90 Å². The Balaban J connectivity index is 1.99. The first-order valence-corrected chi connectivity index (χ1v) is 11.6. The van der Waals surface area contributed by atoms with E-state index >= 15 is 0 Å². The maximum absolute atomic E-state index is 12.7. The lowest BCUT2D eigenvalue weighted by Crippen LogP contribution is -2.43. The standard InChI is InChI=1S/C21H33NO3S/c1-21(2,3)26(4,5)25-17-19-14-10-7-11-15-22(19)20(23)24-16-18-12-8-6-9-13-18/h6,8-10,12-14,19H,7,11,15-17H2,1-5H3. The number of allylic oxidation sites excluding steroid dienone is 1. The summed E-state index contributed by atoms with van der Waals surface area (Å²) in [5, 5.41) is 0. The Kier molecular flexibility index (Phi) is 7.18. The first-order chi connectivity index (χ1) is 12.2. The van der Waals surface area contributed by atoms with Crippen LogP contribution in [-0.4, -0.2) is 47.4 Å². The molecule has 1 amide bonds. The Hall–Kier alpha value is -1.46. The van der Waals surface area contributed by atoms with Crippen LogP contribution in [0.1, 0.15) is 39.2 Å². The normalized spacial score (nSPS) is 19.1. The minimum Gasteiger partial charge on any atom is -0.445 e. The number of rotatable bonds is 5. The lowest BCUT2D eigenvalue weighted by atomic mass is 10.2. The molecule has 5 heteroatoms. The highest BCUT2D eigenvalue weighted by molar-refractivity contribution is 8.29. The fourth-order valence-electron chi connectivity index (χ4n) is 2.49. The van der Waals surface area contributed by atoms with Gasteiger partial charge in [-0.05, 0) is 30.9 Å². The second-order valence-electron chi connectivity index (χ2n) is 8.00. The van der Waals surface area contributed by atoms with Gasteiger partial charge in [0.1, 0.15) is 6.61 Å². The minimum atomic E-state index is -1.23. The highest BCUT2D eigenvalue weighted by Gasteiger charge is 2.31. The zero-order valence-electron chi connectivity index (χ0n) is 16.7. The number of benzene rings is 1. The number of nitrogens with zero attached hydrogens (tertiary/aromatic N) is 1. The molecule has 26 heavy (non-hydrogen) atoms. The molecule has 0 bridgehead atoms. The van der Waals surface area contributed by atoms with Crippen molar-refractivity contribution in [2.45, 2.75) is 51.0 Å². The van der Waals surface area contributed by atoms with Gasteiger partial charge in [-0.25, -0.2) is 4.79 Å². The lowest BCUT2D eigenvalue weighted by Gasteiger charge is -2.44. The number of ether oxygens (including phenoxy) is 1. The van der Waals surface area contributed by atoms with E-state index in [0.29, 0.717) is 19.8 Å². The van der Waals surface area contributed by atoms with E-state index in [0.717, 1.165) is 18.4 Å². The van der Waals surface area contributed by atoms with E-state index in [4.69, 9.17) is 8.92 Å². The molecule has 1 aromatic rings. The Morgan fingerprint density at radius 1 is 1.23 bits per heavy atom. The van der Waals surface area contributed by atoms with E-state index in [2.05, 4.69) is 45.4 Å². The van der Waals surface area contributed by atoms with E-state index in [1.807, 2.05) is 35.2 Å². The molecule has 146 valence electrons. The highest BCUT2D eigenvalue weighted by Crippen LogP contribution is 2.53. The Bertz CT molecular complexity index is 607. The van der Waals surface area contributed by atoms with Crippen molar-refractivity contribution in [2.75, 3.05) is 25.7 Å². The van der Waals surface area contributed by atoms with Gasteiger partial charge in [0.2, 0.25) is 0 Å². The molecule has 0 N–H and O–H groups in total. The SMILES string of the molecule is CC(C)(C)S(C)(C)OCC1C=CCCCN1C(=O)OCc1ccccc1. The molecule has 1 aliphatic rings. The molecule has 0 radical (unpaired) electrons. The van der Waals surface area contributed by atoms with Gasteiger partial charge in [-0.3, -0.25) is 4.90 Å². The van der Waals surface area contributed by atoms with Crippen LogP contribution in [0.3, 0.4) is 0 Å². The zero-order valence-corrected chi connectivity index (χ0v) is 17.6. The summed E-state index contributed by atoms with van der Waals surface area (Å²) in [6.45, 7) is 8.12. The first-order valence-electron chi connectivity index (χ1n) is 9.22. The number of hydrogen-bond donors (Lipinski definition) is 0. The van der Waals surface area contributed by atoms with E-state index in [-0.39, 0.29) is 16.9 Å². The number of carbonyl (C=O) groups excluding carboxylic acids is 1. The quantitative estimate of drug-likeness (QED) is 0.665.